The van der Waals surface area contributed by atoms with Gasteiger partial charge in [0.1, 0.15) is 0 Å². The number of hydrogen-bond donors (Lipinski definition) is 2. The van der Waals surface area contributed by atoms with Crippen molar-refractivity contribution >= 4 is 12.0 Å². The Labute approximate surface area is 106 Å². The number of carboxylic acids is 1. The molecule has 2 amide bonds. The summed E-state index contributed by atoms with van der Waals surface area (Å²) in [5, 5.41) is 11.7. The molecule has 6 heteroatoms. The third-order valence-electron chi connectivity index (χ3n) is 3.73. The summed E-state index contributed by atoms with van der Waals surface area (Å²) in [4.78, 5) is 24.0. The van der Waals surface area contributed by atoms with Crippen LogP contribution in [0.1, 0.15) is 26.2 Å². The van der Waals surface area contributed by atoms with Crippen molar-refractivity contribution < 1.29 is 19.4 Å². The van der Waals surface area contributed by atoms with Crippen molar-refractivity contribution in [2.75, 3.05) is 13.6 Å². The fourth-order valence-corrected chi connectivity index (χ4v) is 2.63. The van der Waals surface area contributed by atoms with Crippen LogP contribution in [0.15, 0.2) is 0 Å². The number of urea groups is 1. The maximum Gasteiger partial charge on any atom is 0.317 e. The van der Waals surface area contributed by atoms with Gasteiger partial charge in [-0.2, -0.15) is 0 Å². The molecule has 0 saturated carbocycles. The third kappa shape index (κ3) is 2.75. The summed E-state index contributed by atoms with van der Waals surface area (Å²) in [6.07, 6.45) is 3.40. The molecule has 2 rings (SSSR count). The number of nitrogens with zero attached hydrogens (tertiary/aromatic N) is 1. The average molecular weight is 256 g/mol. The molecular formula is C12H20N2O4. The van der Waals surface area contributed by atoms with Gasteiger partial charge < -0.3 is 20.1 Å². The van der Waals surface area contributed by atoms with Gasteiger partial charge >= 0.3 is 12.0 Å². The van der Waals surface area contributed by atoms with Crippen LogP contribution in [-0.2, 0) is 9.53 Å². The molecule has 18 heavy (non-hydrogen) atoms. The number of fused-ring (bicyclic) bond motifs is 2. The van der Waals surface area contributed by atoms with Crippen molar-refractivity contribution in [2.45, 2.75) is 44.4 Å². The minimum Gasteiger partial charge on any atom is -0.481 e. The van der Waals surface area contributed by atoms with E-state index in [-0.39, 0.29) is 24.7 Å². The molecule has 2 saturated heterocycles. The van der Waals surface area contributed by atoms with Crippen LogP contribution in [0, 0.1) is 5.92 Å². The number of hydrogen-bond acceptors (Lipinski definition) is 3. The molecular weight excluding hydrogens is 236 g/mol. The molecule has 102 valence electrons. The molecule has 2 bridgehead atoms. The quantitative estimate of drug-likeness (QED) is 0.775. The number of carbonyl (C=O) groups excluding carboxylic acids is 1. The summed E-state index contributed by atoms with van der Waals surface area (Å²) in [7, 11) is 1.61. The van der Waals surface area contributed by atoms with Gasteiger partial charge in [-0.1, -0.05) is 6.92 Å². The van der Waals surface area contributed by atoms with Crippen molar-refractivity contribution in [1.82, 2.24) is 10.2 Å². The van der Waals surface area contributed by atoms with Crippen molar-refractivity contribution in [3.05, 3.63) is 0 Å². The second-order valence-corrected chi connectivity index (χ2v) is 5.29. The molecule has 6 nitrogen and oxygen atoms in total. The highest BCUT2D eigenvalue weighted by Gasteiger charge is 2.41. The van der Waals surface area contributed by atoms with E-state index in [0.717, 1.165) is 19.3 Å². The molecule has 0 radical (unpaired) electrons. The van der Waals surface area contributed by atoms with E-state index < -0.39 is 11.9 Å². The third-order valence-corrected chi connectivity index (χ3v) is 3.73. The van der Waals surface area contributed by atoms with Gasteiger partial charge in [0.05, 0.1) is 24.2 Å². The molecule has 0 aromatic carbocycles. The Hall–Kier alpha value is -1.30. The van der Waals surface area contributed by atoms with Crippen LogP contribution < -0.4 is 5.32 Å². The Kier molecular flexibility index (Phi) is 3.75. The number of carboxylic acid groups (broad SMARTS) is 1. The largest absolute Gasteiger partial charge is 0.481 e. The number of nitrogens with one attached hydrogen (secondary N) is 1. The average Bonchev–Trinajstić information content (AvgIpc) is 2.90. The minimum atomic E-state index is -0.891. The first-order valence-corrected chi connectivity index (χ1v) is 6.37. The highest BCUT2D eigenvalue weighted by Crippen LogP contribution is 2.34. The lowest BCUT2D eigenvalue weighted by molar-refractivity contribution is -0.141. The van der Waals surface area contributed by atoms with Crippen LogP contribution in [0.4, 0.5) is 4.79 Å². The first-order chi connectivity index (χ1) is 8.47. The maximum atomic E-state index is 11.9. The Morgan fingerprint density at radius 3 is 2.72 bits per heavy atom. The molecule has 2 aliphatic heterocycles. The van der Waals surface area contributed by atoms with Gasteiger partial charge in [-0.3, -0.25) is 4.79 Å². The molecule has 4 atom stereocenters. The van der Waals surface area contributed by atoms with Crippen LogP contribution in [-0.4, -0.2) is 53.8 Å². The SMILES string of the molecule is CC(CN(C)C(=O)NC1CC2CCC1O2)C(=O)O. The summed E-state index contributed by atoms with van der Waals surface area (Å²) < 4.78 is 5.66. The first-order valence-electron chi connectivity index (χ1n) is 6.37. The Morgan fingerprint density at radius 2 is 2.22 bits per heavy atom. The summed E-state index contributed by atoms with van der Waals surface area (Å²) in [6.45, 7) is 1.80. The highest BCUT2D eigenvalue weighted by molar-refractivity contribution is 5.76. The fourth-order valence-electron chi connectivity index (χ4n) is 2.63. The molecule has 0 aromatic heterocycles. The predicted molar refractivity (Wildman–Crippen MR) is 64.3 cm³/mol. The van der Waals surface area contributed by atoms with Gasteiger partial charge in [0, 0.05) is 13.6 Å². The minimum absolute atomic E-state index is 0.0823. The van der Waals surface area contributed by atoms with Gasteiger partial charge in [-0.25, -0.2) is 4.79 Å². The number of rotatable bonds is 4. The lowest BCUT2D eigenvalue weighted by Crippen LogP contribution is -2.48. The van der Waals surface area contributed by atoms with E-state index >= 15 is 0 Å². The van der Waals surface area contributed by atoms with Crippen LogP contribution in [0.25, 0.3) is 0 Å². The summed E-state index contributed by atoms with van der Waals surface area (Å²) in [6, 6.07) is -0.136. The van der Waals surface area contributed by atoms with Crippen molar-refractivity contribution in [3.8, 4) is 0 Å². The zero-order valence-electron chi connectivity index (χ0n) is 10.8. The molecule has 2 heterocycles. The highest BCUT2D eigenvalue weighted by atomic mass is 16.5. The van der Waals surface area contributed by atoms with E-state index in [1.165, 1.54) is 4.90 Å². The fraction of sp³-hybridized carbons (Fsp3) is 0.833. The van der Waals surface area contributed by atoms with Gasteiger partial charge in [-0.05, 0) is 19.3 Å². The van der Waals surface area contributed by atoms with Crippen LogP contribution in [0.2, 0.25) is 0 Å². The topological polar surface area (TPSA) is 78.9 Å². The molecule has 2 aliphatic rings. The van der Waals surface area contributed by atoms with E-state index in [1.54, 1.807) is 14.0 Å². The lowest BCUT2D eigenvalue weighted by Gasteiger charge is -2.25. The van der Waals surface area contributed by atoms with Crippen molar-refractivity contribution in [1.29, 1.82) is 0 Å². The zero-order chi connectivity index (χ0) is 13.3. The monoisotopic (exact) mass is 256 g/mol. The van der Waals surface area contributed by atoms with Crippen LogP contribution in [0.5, 0.6) is 0 Å². The predicted octanol–water partition coefficient (Wildman–Crippen LogP) is 0.668. The molecule has 0 spiro atoms. The molecule has 4 unspecified atom stereocenters. The van der Waals surface area contributed by atoms with Crippen molar-refractivity contribution in [3.63, 3.8) is 0 Å². The van der Waals surface area contributed by atoms with Gasteiger partial charge in [0.15, 0.2) is 0 Å². The van der Waals surface area contributed by atoms with E-state index in [2.05, 4.69) is 5.32 Å². The second-order valence-electron chi connectivity index (χ2n) is 5.29. The van der Waals surface area contributed by atoms with E-state index in [9.17, 15) is 9.59 Å². The second kappa shape index (κ2) is 5.14. The van der Waals surface area contributed by atoms with E-state index in [4.69, 9.17) is 9.84 Å². The van der Waals surface area contributed by atoms with E-state index in [0.29, 0.717) is 6.10 Å². The summed E-state index contributed by atoms with van der Waals surface area (Å²) in [5.74, 6) is -1.45. The smallest absolute Gasteiger partial charge is 0.317 e. The normalized spacial score (nSPS) is 31.1. The lowest BCUT2D eigenvalue weighted by atomic mass is 9.96. The Morgan fingerprint density at radius 1 is 1.50 bits per heavy atom. The van der Waals surface area contributed by atoms with Gasteiger partial charge in [-0.15, -0.1) is 0 Å². The number of carbonyl (C=O) groups is 2. The zero-order valence-corrected chi connectivity index (χ0v) is 10.8. The number of amides is 2. The molecule has 2 N–H and O–H groups in total. The molecule has 0 aromatic rings. The molecule has 0 aliphatic carbocycles. The number of aliphatic carboxylic acids is 1. The number of ether oxygens (including phenoxy) is 1. The van der Waals surface area contributed by atoms with Gasteiger partial charge in [0.2, 0.25) is 0 Å². The summed E-state index contributed by atoms with van der Waals surface area (Å²) >= 11 is 0. The van der Waals surface area contributed by atoms with Gasteiger partial charge in [0.25, 0.3) is 0 Å². The first kappa shape index (κ1) is 13.1. The van der Waals surface area contributed by atoms with Crippen LogP contribution in [0.3, 0.4) is 0 Å². The summed E-state index contributed by atoms with van der Waals surface area (Å²) in [5.41, 5.74) is 0. The Bertz CT molecular complexity index is 347. The van der Waals surface area contributed by atoms with Crippen molar-refractivity contribution in [2.24, 2.45) is 5.92 Å². The van der Waals surface area contributed by atoms with E-state index in [1.807, 2.05) is 0 Å². The Balaban J connectivity index is 1.79. The standard InChI is InChI=1S/C12H20N2O4/c1-7(11(15)16)6-14(2)12(17)13-9-5-8-3-4-10(9)18-8/h7-10H,3-6H2,1-2H3,(H,13,17)(H,15,16). The van der Waals surface area contributed by atoms with Crippen LogP contribution >= 0.6 is 0 Å². The molecule has 2 fully saturated rings. The maximum absolute atomic E-state index is 11.9.